The van der Waals surface area contributed by atoms with E-state index in [0.717, 1.165) is 33.0 Å². The molecule has 5 nitrogen and oxygen atoms in total. The summed E-state index contributed by atoms with van der Waals surface area (Å²) in [6, 6.07) is 17.1. The minimum absolute atomic E-state index is 0.311. The van der Waals surface area contributed by atoms with Gasteiger partial charge in [-0.1, -0.05) is 28.1 Å². The third-order valence-electron chi connectivity index (χ3n) is 4.11. The van der Waals surface area contributed by atoms with Gasteiger partial charge < -0.3 is 9.47 Å². The predicted octanol–water partition coefficient (Wildman–Crippen LogP) is 6.77. The van der Waals surface area contributed by atoms with Crippen LogP contribution in [-0.2, 0) is 6.61 Å². The second-order valence-electron chi connectivity index (χ2n) is 6.28. The Balaban J connectivity index is 1.64. The molecule has 0 aliphatic heterocycles. The Bertz CT molecular complexity index is 1100. The minimum Gasteiger partial charge on any atom is -0.496 e. The summed E-state index contributed by atoms with van der Waals surface area (Å²) in [4.78, 5) is 12.3. The van der Waals surface area contributed by atoms with E-state index < -0.39 is 0 Å². The van der Waals surface area contributed by atoms with Crippen molar-refractivity contribution in [2.45, 2.75) is 6.61 Å². The van der Waals surface area contributed by atoms with Gasteiger partial charge >= 0.3 is 0 Å². The van der Waals surface area contributed by atoms with Crippen LogP contribution < -0.4 is 14.9 Å². The molecule has 1 amide bonds. The molecule has 0 radical (unpaired) electrons. The lowest BCUT2D eigenvalue weighted by Gasteiger charge is -2.11. The van der Waals surface area contributed by atoms with E-state index in [2.05, 4.69) is 87.6 Å². The number of carbonyl (C=O) groups is 1. The van der Waals surface area contributed by atoms with E-state index in [1.165, 1.54) is 0 Å². The Kier molecular flexibility index (Phi) is 9.17. The van der Waals surface area contributed by atoms with Crippen LogP contribution in [0.4, 0.5) is 0 Å². The van der Waals surface area contributed by atoms with Gasteiger partial charge in [0.2, 0.25) is 0 Å². The molecule has 31 heavy (non-hydrogen) atoms. The number of carbonyl (C=O) groups excluding carboxylic acids is 1. The normalized spacial score (nSPS) is 10.9. The van der Waals surface area contributed by atoms with Crippen molar-refractivity contribution in [1.82, 2.24) is 5.43 Å². The number of hydrazone groups is 1. The number of benzene rings is 3. The van der Waals surface area contributed by atoms with Gasteiger partial charge in [0.1, 0.15) is 18.1 Å². The van der Waals surface area contributed by atoms with Crippen molar-refractivity contribution in [3.8, 4) is 11.5 Å². The molecule has 1 N–H and O–H groups in total. The summed E-state index contributed by atoms with van der Waals surface area (Å²) in [5.41, 5.74) is 4.92. The predicted molar refractivity (Wildman–Crippen MR) is 146 cm³/mol. The number of halogens is 4. The van der Waals surface area contributed by atoms with E-state index in [1.807, 2.05) is 42.5 Å². The maximum Gasteiger partial charge on any atom is 0.271 e. The van der Waals surface area contributed by atoms with Crippen molar-refractivity contribution in [1.29, 1.82) is 0 Å². The molecule has 0 aliphatic rings. The van der Waals surface area contributed by atoms with Gasteiger partial charge in [0, 0.05) is 10.0 Å². The monoisotopic (exact) mass is 768 g/mol. The average Bonchev–Trinajstić information content (AvgIpc) is 2.74. The molecule has 160 valence electrons. The molecule has 0 heterocycles. The molecule has 0 fully saturated rings. The number of amides is 1. The minimum atomic E-state index is -0.311. The van der Waals surface area contributed by atoms with Gasteiger partial charge in [-0.05, 0) is 115 Å². The maximum atomic E-state index is 12.3. The summed E-state index contributed by atoms with van der Waals surface area (Å²) in [6.07, 6.45) is 1.59. The van der Waals surface area contributed by atoms with Crippen LogP contribution in [-0.4, -0.2) is 19.2 Å². The number of nitrogens with zero attached hydrogens (tertiary/aromatic N) is 1. The van der Waals surface area contributed by atoms with E-state index in [1.54, 1.807) is 25.5 Å². The average molecular weight is 770 g/mol. The first-order chi connectivity index (χ1) is 14.9. The van der Waals surface area contributed by atoms with Crippen molar-refractivity contribution in [3.05, 3.63) is 87.4 Å². The highest BCUT2D eigenvalue weighted by Gasteiger charge is 2.10. The van der Waals surface area contributed by atoms with Crippen molar-refractivity contribution in [2.75, 3.05) is 7.11 Å². The van der Waals surface area contributed by atoms with Crippen molar-refractivity contribution in [2.24, 2.45) is 5.10 Å². The van der Waals surface area contributed by atoms with E-state index in [-0.39, 0.29) is 5.91 Å². The zero-order valence-corrected chi connectivity index (χ0v) is 23.7. The number of methoxy groups -OCH3 is 1. The molecule has 0 saturated carbocycles. The number of hydrogen-bond acceptors (Lipinski definition) is 4. The highest BCUT2D eigenvalue weighted by atomic mass is 127. The summed E-state index contributed by atoms with van der Waals surface area (Å²) in [5.74, 6) is 1.10. The maximum absolute atomic E-state index is 12.3. The van der Waals surface area contributed by atoms with Crippen molar-refractivity contribution < 1.29 is 14.3 Å². The van der Waals surface area contributed by atoms with Crippen molar-refractivity contribution in [3.63, 3.8) is 0 Å². The quantitative estimate of drug-likeness (QED) is 0.164. The third-order valence-corrected chi connectivity index (χ3v) is 6.92. The Morgan fingerprint density at radius 1 is 1.06 bits per heavy atom. The van der Waals surface area contributed by atoms with Crippen LogP contribution in [0.3, 0.4) is 0 Å². The fraction of sp³-hybridized carbons (Fsp3) is 0.0909. The largest absolute Gasteiger partial charge is 0.496 e. The third kappa shape index (κ3) is 6.90. The highest BCUT2D eigenvalue weighted by molar-refractivity contribution is 14.1. The topological polar surface area (TPSA) is 59.9 Å². The van der Waals surface area contributed by atoms with Gasteiger partial charge in [0.25, 0.3) is 5.91 Å². The standard InChI is InChI=1S/C22H16Br2I2N2O3/c1-30-20-10-15(4-7-18(20)25)22(29)28-27-11-14-8-17(24)21(19(26)9-14)31-12-13-2-5-16(23)6-3-13/h2-11H,12H2,1H3,(H,28,29)/b27-11-. The fourth-order valence-corrected chi connectivity index (χ4v) is 5.15. The number of ether oxygens (including phenoxy) is 2. The number of hydrogen-bond donors (Lipinski definition) is 1. The molecule has 3 rings (SSSR count). The molecule has 0 atom stereocenters. The second kappa shape index (κ2) is 11.6. The summed E-state index contributed by atoms with van der Waals surface area (Å²) < 4.78 is 14.9. The number of rotatable bonds is 7. The van der Waals surface area contributed by atoms with E-state index >= 15 is 0 Å². The van der Waals surface area contributed by atoms with Gasteiger partial charge in [-0.2, -0.15) is 5.10 Å². The molecule has 0 aliphatic carbocycles. The van der Waals surface area contributed by atoms with Gasteiger partial charge in [0.05, 0.1) is 24.9 Å². The first kappa shape index (κ1) is 24.5. The van der Waals surface area contributed by atoms with Crippen LogP contribution in [0.1, 0.15) is 21.5 Å². The summed E-state index contributed by atoms with van der Waals surface area (Å²) in [5, 5.41) is 4.07. The lowest BCUT2D eigenvalue weighted by molar-refractivity contribution is 0.0954. The molecule has 0 bridgehead atoms. The summed E-state index contributed by atoms with van der Waals surface area (Å²) >= 11 is 11.4. The van der Waals surface area contributed by atoms with Gasteiger partial charge in [-0.15, -0.1) is 0 Å². The molecule has 0 saturated heterocycles. The van der Waals surface area contributed by atoms with E-state index in [4.69, 9.17) is 9.47 Å². The molecule has 0 spiro atoms. The van der Waals surface area contributed by atoms with Gasteiger partial charge in [-0.25, -0.2) is 5.43 Å². The molecule has 0 unspecified atom stereocenters. The molecular formula is C22H16Br2I2N2O3. The Labute approximate surface area is 224 Å². The Morgan fingerprint density at radius 3 is 2.48 bits per heavy atom. The molecule has 3 aromatic rings. The highest BCUT2D eigenvalue weighted by Crippen LogP contribution is 2.32. The zero-order valence-electron chi connectivity index (χ0n) is 16.2. The van der Waals surface area contributed by atoms with Crippen LogP contribution in [0.2, 0.25) is 0 Å². The SMILES string of the molecule is COc1cc(C(=O)N/N=C\c2cc(Br)c(OCc3ccc(Br)cc3)c(I)c2)ccc1I. The first-order valence-electron chi connectivity index (χ1n) is 8.90. The molecular weight excluding hydrogens is 754 g/mol. The van der Waals surface area contributed by atoms with Gasteiger partial charge in [0.15, 0.2) is 0 Å². The van der Waals surface area contributed by atoms with Crippen LogP contribution in [0.25, 0.3) is 0 Å². The number of nitrogens with one attached hydrogen (secondary N) is 1. The molecule has 3 aromatic carbocycles. The van der Waals surface area contributed by atoms with Crippen LogP contribution in [0.15, 0.2) is 68.6 Å². The lowest BCUT2D eigenvalue weighted by Crippen LogP contribution is -2.17. The first-order valence-corrected chi connectivity index (χ1v) is 12.6. The van der Waals surface area contributed by atoms with E-state index in [9.17, 15) is 4.79 Å². The smallest absolute Gasteiger partial charge is 0.271 e. The fourth-order valence-electron chi connectivity index (χ4n) is 2.56. The lowest BCUT2D eigenvalue weighted by atomic mass is 10.2. The van der Waals surface area contributed by atoms with Crippen LogP contribution >= 0.6 is 77.0 Å². The molecule has 0 aromatic heterocycles. The van der Waals surface area contributed by atoms with Crippen LogP contribution in [0.5, 0.6) is 11.5 Å². The Morgan fingerprint density at radius 2 is 1.81 bits per heavy atom. The zero-order chi connectivity index (χ0) is 22.4. The second-order valence-corrected chi connectivity index (χ2v) is 10.4. The Hall–Kier alpha value is -1.18. The summed E-state index contributed by atoms with van der Waals surface area (Å²) in [7, 11) is 1.57. The van der Waals surface area contributed by atoms with E-state index in [0.29, 0.717) is 17.9 Å². The summed E-state index contributed by atoms with van der Waals surface area (Å²) in [6.45, 7) is 0.463. The molecule has 9 heteroatoms. The van der Waals surface area contributed by atoms with Gasteiger partial charge in [-0.3, -0.25) is 4.79 Å². The van der Waals surface area contributed by atoms with Crippen LogP contribution in [0, 0.1) is 7.14 Å². The van der Waals surface area contributed by atoms with Crippen molar-refractivity contribution >= 4 is 89.2 Å².